The number of fused-ring (bicyclic) bond motifs is 1. The number of ether oxygens (including phenoxy) is 2. The Kier molecular flexibility index (Phi) is 5.90. The van der Waals surface area contributed by atoms with Crippen molar-refractivity contribution in [2.24, 2.45) is 0 Å². The number of amides is 1. The number of likely N-dealkylation sites (tertiary alicyclic amines) is 1. The highest BCUT2D eigenvalue weighted by Gasteiger charge is 2.28. The third-order valence-corrected chi connectivity index (χ3v) is 5.62. The van der Waals surface area contributed by atoms with Crippen molar-refractivity contribution in [3.8, 4) is 5.75 Å². The first-order chi connectivity index (χ1) is 14.8. The SMILES string of the molecule is Cc1ccc2c(cnn2C2CCN(C(=O)OC(C)(C)C)CC2)c1OCc1ccccc1. The molecule has 1 saturated heterocycles. The van der Waals surface area contributed by atoms with Gasteiger partial charge in [-0.25, -0.2) is 4.79 Å². The van der Waals surface area contributed by atoms with Crippen LogP contribution in [0.5, 0.6) is 5.75 Å². The van der Waals surface area contributed by atoms with Crippen LogP contribution < -0.4 is 4.74 Å². The van der Waals surface area contributed by atoms with Gasteiger partial charge in [-0.15, -0.1) is 0 Å². The van der Waals surface area contributed by atoms with E-state index in [9.17, 15) is 4.79 Å². The second-order valence-corrected chi connectivity index (χ2v) is 9.21. The van der Waals surface area contributed by atoms with E-state index in [1.165, 1.54) is 0 Å². The summed E-state index contributed by atoms with van der Waals surface area (Å²) in [4.78, 5) is 14.2. The number of rotatable bonds is 4. The van der Waals surface area contributed by atoms with Crippen molar-refractivity contribution in [3.05, 3.63) is 59.8 Å². The van der Waals surface area contributed by atoms with Gasteiger partial charge in [0.1, 0.15) is 18.0 Å². The van der Waals surface area contributed by atoms with E-state index in [0.29, 0.717) is 19.7 Å². The predicted octanol–water partition coefficient (Wildman–Crippen LogP) is 5.50. The fourth-order valence-electron chi connectivity index (χ4n) is 4.04. The monoisotopic (exact) mass is 421 g/mol. The molecule has 3 aromatic rings. The summed E-state index contributed by atoms with van der Waals surface area (Å²) in [6.45, 7) is 9.62. The predicted molar refractivity (Wildman–Crippen MR) is 121 cm³/mol. The summed E-state index contributed by atoms with van der Waals surface area (Å²) < 4.78 is 13.8. The summed E-state index contributed by atoms with van der Waals surface area (Å²) >= 11 is 0. The van der Waals surface area contributed by atoms with Crippen molar-refractivity contribution in [3.63, 3.8) is 0 Å². The zero-order chi connectivity index (χ0) is 22.0. The van der Waals surface area contributed by atoms with Crippen LogP contribution >= 0.6 is 0 Å². The standard InChI is InChI=1S/C25H31N3O3/c1-18-10-11-22-21(23(18)30-17-19-8-6-5-7-9-19)16-26-28(22)20-12-14-27(15-13-20)24(29)31-25(2,3)4/h5-11,16,20H,12-15,17H2,1-4H3. The maximum absolute atomic E-state index is 12.4. The molecule has 0 atom stereocenters. The first-order valence-electron chi connectivity index (χ1n) is 10.9. The van der Waals surface area contributed by atoms with Crippen LogP contribution in [-0.2, 0) is 11.3 Å². The molecule has 164 valence electrons. The van der Waals surface area contributed by atoms with E-state index in [0.717, 1.165) is 40.6 Å². The highest BCUT2D eigenvalue weighted by Crippen LogP contribution is 2.33. The molecule has 0 N–H and O–H groups in total. The Morgan fingerprint density at radius 3 is 2.48 bits per heavy atom. The van der Waals surface area contributed by atoms with Crippen LogP contribution in [0.2, 0.25) is 0 Å². The third-order valence-electron chi connectivity index (χ3n) is 5.62. The lowest BCUT2D eigenvalue weighted by molar-refractivity contribution is 0.0186. The molecule has 0 bridgehead atoms. The molecule has 0 radical (unpaired) electrons. The molecule has 0 spiro atoms. The Morgan fingerprint density at radius 1 is 1.10 bits per heavy atom. The molecular weight excluding hydrogens is 390 g/mol. The molecule has 31 heavy (non-hydrogen) atoms. The number of benzene rings is 2. The quantitative estimate of drug-likeness (QED) is 0.558. The van der Waals surface area contributed by atoms with Crippen LogP contribution in [0.1, 0.15) is 50.8 Å². The van der Waals surface area contributed by atoms with Crippen LogP contribution in [0.15, 0.2) is 48.7 Å². The van der Waals surface area contributed by atoms with Crippen molar-refractivity contribution < 1.29 is 14.3 Å². The smallest absolute Gasteiger partial charge is 0.410 e. The van der Waals surface area contributed by atoms with Crippen LogP contribution in [0.3, 0.4) is 0 Å². The Morgan fingerprint density at radius 2 is 1.81 bits per heavy atom. The van der Waals surface area contributed by atoms with E-state index >= 15 is 0 Å². The maximum Gasteiger partial charge on any atom is 0.410 e. The van der Waals surface area contributed by atoms with Gasteiger partial charge in [-0.1, -0.05) is 36.4 Å². The zero-order valence-corrected chi connectivity index (χ0v) is 18.8. The van der Waals surface area contributed by atoms with Gasteiger partial charge in [0.15, 0.2) is 0 Å². The van der Waals surface area contributed by atoms with Crippen LogP contribution in [0.4, 0.5) is 4.79 Å². The van der Waals surface area contributed by atoms with Crippen LogP contribution in [0, 0.1) is 6.92 Å². The lowest BCUT2D eigenvalue weighted by atomic mass is 10.0. The molecule has 0 aliphatic carbocycles. The first kappa shape index (κ1) is 21.2. The number of piperidine rings is 1. The minimum atomic E-state index is -0.472. The fourth-order valence-corrected chi connectivity index (χ4v) is 4.04. The molecule has 2 aromatic carbocycles. The van der Waals surface area contributed by atoms with Crippen LogP contribution in [-0.4, -0.2) is 39.5 Å². The highest BCUT2D eigenvalue weighted by molar-refractivity contribution is 5.86. The molecule has 4 rings (SSSR count). The average molecular weight is 422 g/mol. The van der Waals surface area contributed by atoms with Gasteiger partial charge in [0, 0.05) is 13.1 Å². The minimum absolute atomic E-state index is 0.233. The Bertz CT molecular complexity index is 1050. The summed E-state index contributed by atoms with van der Waals surface area (Å²) in [5, 5.41) is 5.74. The lowest BCUT2D eigenvalue weighted by Gasteiger charge is -2.33. The van der Waals surface area contributed by atoms with Crippen molar-refractivity contribution in [1.82, 2.24) is 14.7 Å². The van der Waals surface area contributed by atoms with Gasteiger partial charge in [0.05, 0.1) is 23.1 Å². The molecule has 1 aliphatic heterocycles. The van der Waals surface area contributed by atoms with Gasteiger partial charge in [-0.3, -0.25) is 4.68 Å². The van der Waals surface area contributed by atoms with Crippen molar-refractivity contribution in [2.75, 3.05) is 13.1 Å². The third kappa shape index (κ3) is 4.84. The number of aromatic nitrogens is 2. The number of hydrogen-bond acceptors (Lipinski definition) is 4. The van der Waals surface area contributed by atoms with E-state index in [1.54, 1.807) is 4.90 Å². The normalized spacial score (nSPS) is 15.3. The van der Waals surface area contributed by atoms with E-state index in [-0.39, 0.29) is 12.1 Å². The van der Waals surface area contributed by atoms with Crippen LogP contribution in [0.25, 0.3) is 10.9 Å². The largest absolute Gasteiger partial charge is 0.488 e. The maximum atomic E-state index is 12.4. The molecule has 0 saturated carbocycles. The van der Waals surface area contributed by atoms with Gasteiger partial charge in [0.2, 0.25) is 0 Å². The van der Waals surface area contributed by atoms with Gasteiger partial charge in [0.25, 0.3) is 0 Å². The molecule has 1 aromatic heterocycles. The molecule has 6 heteroatoms. The topological polar surface area (TPSA) is 56.6 Å². The molecular formula is C25H31N3O3. The van der Waals surface area contributed by atoms with E-state index < -0.39 is 5.60 Å². The van der Waals surface area contributed by atoms with E-state index in [4.69, 9.17) is 14.6 Å². The van der Waals surface area contributed by atoms with Crippen molar-refractivity contribution >= 4 is 17.0 Å². The second kappa shape index (κ2) is 8.61. The summed E-state index contributed by atoms with van der Waals surface area (Å²) in [7, 11) is 0. The molecule has 1 amide bonds. The number of carbonyl (C=O) groups excluding carboxylic acids is 1. The summed E-state index contributed by atoms with van der Waals surface area (Å²) in [6.07, 6.45) is 3.38. The summed E-state index contributed by atoms with van der Waals surface area (Å²) in [5.74, 6) is 0.888. The van der Waals surface area contributed by atoms with Gasteiger partial charge >= 0.3 is 6.09 Å². The molecule has 1 fully saturated rings. The first-order valence-corrected chi connectivity index (χ1v) is 10.9. The zero-order valence-electron chi connectivity index (χ0n) is 18.8. The van der Waals surface area contributed by atoms with Gasteiger partial charge in [-0.2, -0.15) is 5.10 Å². The highest BCUT2D eigenvalue weighted by atomic mass is 16.6. The number of nitrogens with zero attached hydrogens (tertiary/aromatic N) is 3. The molecule has 0 unspecified atom stereocenters. The Hall–Kier alpha value is -3.02. The number of hydrogen-bond donors (Lipinski definition) is 0. The average Bonchev–Trinajstić information content (AvgIpc) is 3.17. The second-order valence-electron chi connectivity index (χ2n) is 9.21. The Balaban J connectivity index is 1.48. The van der Waals surface area contributed by atoms with Gasteiger partial charge in [-0.05, 0) is 57.7 Å². The van der Waals surface area contributed by atoms with Gasteiger partial charge < -0.3 is 14.4 Å². The molecule has 1 aliphatic rings. The van der Waals surface area contributed by atoms with E-state index in [2.05, 4.69) is 35.9 Å². The molecule has 2 heterocycles. The van der Waals surface area contributed by atoms with Crippen molar-refractivity contribution in [2.45, 2.75) is 58.8 Å². The van der Waals surface area contributed by atoms with Crippen molar-refractivity contribution in [1.29, 1.82) is 0 Å². The summed E-state index contributed by atoms with van der Waals surface area (Å²) in [5.41, 5.74) is 2.84. The Labute approximate surface area is 183 Å². The van der Waals surface area contributed by atoms with E-state index in [1.807, 2.05) is 45.2 Å². The molecule has 6 nitrogen and oxygen atoms in total. The summed E-state index contributed by atoms with van der Waals surface area (Å²) in [6, 6.07) is 14.6. The fraction of sp³-hybridized carbons (Fsp3) is 0.440. The number of carbonyl (C=O) groups is 1. The lowest BCUT2D eigenvalue weighted by Crippen LogP contribution is -2.42. The number of aryl methyl sites for hydroxylation is 1. The minimum Gasteiger partial charge on any atom is -0.488 e.